The van der Waals surface area contributed by atoms with E-state index in [4.69, 9.17) is 11.6 Å². The molecule has 1 aliphatic rings. The molecule has 0 saturated carbocycles. The van der Waals surface area contributed by atoms with Gasteiger partial charge in [0.1, 0.15) is 0 Å². The highest BCUT2D eigenvalue weighted by Crippen LogP contribution is 2.34. The van der Waals surface area contributed by atoms with Gasteiger partial charge in [-0.15, -0.1) is 0 Å². The first kappa shape index (κ1) is 9.29. The third kappa shape index (κ3) is 1.23. The van der Waals surface area contributed by atoms with E-state index in [0.29, 0.717) is 0 Å². The lowest BCUT2D eigenvalue weighted by Gasteiger charge is -2.12. The highest BCUT2D eigenvalue weighted by atomic mass is 35.5. The summed E-state index contributed by atoms with van der Waals surface area (Å²) in [7, 11) is 2.12. The zero-order valence-electron chi connectivity index (χ0n) is 8.76. The van der Waals surface area contributed by atoms with Gasteiger partial charge in [-0.2, -0.15) is 0 Å². The lowest BCUT2D eigenvalue weighted by Crippen LogP contribution is -2.05. The molecule has 1 aromatic carbocycles. The van der Waals surface area contributed by atoms with Crippen molar-refractivity contribution >= 4 is 22.5 Å². The fraction of sp³-hybridized carbons (Fsp3) is 0.308. The third-order valence-electron chi connectivity index (χ3n) is 3.33. The van der Waals surface area contributed by atoms with Crippen molar-refractivity contribution in [1.29, 1.82) is 0 Å². The van der Waals surface area contributed by atoms with E-state index < -0.39 is 0 Å². The number of aryl methyl sites for hydroxylation is 1. The second kappa shape index (κ2) is 3.28. The van der Waals surface area contributed by atoms with Gasteiger partial charge in [0.15, 0.2) is 0 Å². The monoisotopic (exact) mass is 218 g/mol. The Morgan fingerprint density at radius 3 is 3.07 bits per heavy atom. The van der Waals surface area contributed by atoms with Gasteiger partial charge in [-0.1, -0.05) is 23.7 Å². The lowest BCUT2D eigenvalue weighted by molar-refractivity contribution is 0.753. The molecule has 1 aromatic heterocycles. The van der Waals surface area contributed by atoms with Crippen LogP contribution in [0.15, 0.2) is 18.2 Å². The largest absolute Gasteiger partial charge is 0.346 e. The molecule has 3 rings (SSSR count). The third-order valence-corrected chi connectivity index (χ3v) is 3.64. The molecule has 1 radical (unpaired) electrons. The van der Waals surface area contributed by atoms with Gasteiger partial charge in [-0.05, 0) is 37.3 Å². The standard InChI is InChI=1S/C13H13ClN/c1-15-12-8-3-2-5-9(12)10-6-4-7-11(14)13(10)15/h2,4,6-7H,3,5,8H2,1H3. The van der Waals surface area contributed by atoms with Gasteiger partial charge in [0.05, 0.1) is 10.5 Å². The Labute approximate surface area is 94.7 Å². The number of benzene rings is 1. The van der Waals surface area contributed by atoms with Crippen LogP contribution in [0.5, 0.6) is 0 Å². The molecule has 0 N–H and O–H groups in total. The summed E-state index contributed by atoms with van der Waals surface area (Å²) in [6.07, 6.45) is 5.79. The van der Waals surface area contributed by atoms with Crippen LogP contribution in [0.2, 0.25) is 5.02 Å². The molecule has 15 heavy (non-hydrogen) atoms. The summed E-state index contributed by atoms with van der Waals surface area (Å²) >= 11 is 6.25. The number of hydrogen-bond acceptors (Lipinski definition) is 0. The van der Waals surface area contributed by atoms with Crippen molar-refractivity contribution in [2.45, 2.75) is 19.3 Å². The van der Waals surface area contributed by atoms with Gasteiger partial charge in [0.2, 0.25) is 0 Å². The Bertz CT molecular complexity index is 525. The van der Waals surface area contributed by atoms with Crippen molar-refractivity contribution < 1.29 is 0 Å². The Morgan fingerprint density at radius 2 is 2.20 bits per heavy atom. The van der Waals surface area contributed by atoms with E-state index in [0.717, 1.165) is 17.9 Å². The summed E-state index contributed by atoms with van der Waals surface area (Å²) in [5.41, 5.74) is 4.13. The Kier molecular flexibility index (Phi) is 2.03. The number of halogens is 1. The van der Waals surface area contributed by atoms with Gasteiger partial charge < -0.3 is 4.57 Å². The average molecular weight is 219 g/mol. The molecule has 0 amide bonds. The van der Waals surface area contributed by atoms with Crippen molar-refractivity contribution in [2.24, 2.45) is 7.05 Å². The van der Waals surface area contributed by atoms with Gasteiger partial charge in [-0.25, -0.2) is 0 Å². The summed E-state index contributed by atoms with van der Waals surface area (Å²) in [6.45, 7) is 0. The molecule has 2 heteroatoms. The van der Waals surface area contributed by atoms with E-state index in [-0.39, 0.29) is 0 Å². The highest BCUT2D eigenvalue weighted by Gasteiger charge is 2.19. The minimum Gasteiger partial charge on any atom is -0.346 e. The smallest absolute Gasteiger partial charge is 0.0672 e. The Hall–Kier alpha value is -0.950. The van der Waals surface area contributed by atoms with Crippen molar-refractivity contribution in [3.63, 3.8) is 0 Å². The molecule has 2 aromatic rings. The fourth-order valence-electron chi connectivity index (χ4n) is 2.62. The lowest BCUT2D eigenvalue weighted by atomic mass is 9.96. The fourth-order valence-corrected chi connectivity index (χ4v) is 2.93. The second-order valence-corrected chi connectivity index (χ2v) is 4.56. The molecular formula is C13H13ClN. The molecule has 77 valence electrons. The summed E-state index contributed by atoms with van der Waals surface area (Å²) < 4.78 is 2.26. The van der Waals surface area contributed by atoms with Gasteiger partial charge in [0, 0.05) is 18.1 Å². The molecule has 0 aliphatic heterocycles. The minimum absolute atomic E-state index is 0.865. The minimum atomic E-state index is 0.865. The molecule has 0 unspecified atom stereocenters. The van der Waals surface area contributed by atoms with Crippen LogP contribution in [0.3, 0.4) is 0 Å². The summed E-state index contributed by atoms with van der Waals surface area (Å²) in [5, 5.41) is 2.19. The number of nitrogens with zero attached hydrogens (tertiary/aromatic N) is 1. The van der Waals surface area contributed by atoms with Crippen LogP contribution in [0.25, 0.3) is 10.9 Å². The van der Waals surface area contributed by atoms with Crippen LogP contribution in [0.4, 0.5) is 0 Å². The molecule has 0 fully saturated rings. The maximum absolute atomic E-state index is 6.25. The number of aromatic nitrogens is 1. The predicted molar refractivity (Wildman–Crippen MR) is 64.3 cm³/mol. The first-order chi connectivity index (χ1) is 7.29. The first-order valence-electron chi connectivity index (χ1n) is 5.35. The molecule has 1 aliphatic carbocycles. The maximum Gasteiger partial charge on any atom is 0.0672 e. The van der Waals surface area contributed by atoms with Crippen LogP contribution in [-0.2, 0) is 19.9 Å². The van der Waals surface area contributed by atoms with Crippen molar-refractivity contribution in [2.75, 3.05) is 0 Å². The van der Waals surface area contributed by atoms with E-state index in [2.05, 4.69) is 24.1 Å². The normalized spacial score (nSPS) is 15.6. The maximum atomic E-state index is 6.25. The molecule has 1 nitrogen and oxygen atoms in total. The van der Waals surface area contributed by atoms with Gasteiger partial charge >= 0.3 is 0 Å². The number of fused-ring (bicyclic) bond motifs is 3. The van der Waals surface area contributed by atoms with E-state index in [9.17, 15) is 0 Å². The summed E-state index contributed by atoms with van der Waals surface area (Å²) in [6, 6.07) is 6.19. The van der Waals surface area contributed by atoms with Crippen LogP contribution in [-0.4, -0.2) is 4.57 Å². The predicted octanol–water partition coefficient (Wildman–Crippen LogP) is 3.52. The Morgan fingerprint density at radius 1 is 1.33 bits per heavy atom. The summed E-state index contributed by atoms with van der Waals surface area (Å²) in [5.74, 6) is 0. The SMILES string of the molecule is Cn1c2c(c3cccc(Cl)c31)C[CH]CC2. The van der Waals surface area contributed by atoms with Crippen LogP contribution < -0.4 is 0 Å². The topological polar surface area (TPSA) is 4.93 Å². The first-order valence-corrected chi connectivity index (χ1v) is 5.73. The zero-order chi connectivity index (χ0) is 10.4. The number of rotatable bonds is 0. The number of para-hydroxylation sites is 1. The van der Waals surface area contributed by atoms with E-state index in [1.165, 1.54) is 28.6 Å². The molecule has 1 heterocycles. The van der Waals surface area contributed by atoms with Crippen molar-refractivity contribution in [1.82, 2.24) is 4.57 Å². The van der Waals surface area contributed by atoms with E-state index in [1.807, 2.05) is 12.1 Å². The van der Waals surface area contributed by atoms with Crippen molar-refractivity contribution in [3.8, 4) is 0 Å². The van der Waals surface area contributed by atoms with Gasteiger partial charge in [-0.3, -0.25) is 0 Å². The Balaban J connectivity index is 2.44. The average Bonchev–Trinajstić information content (AvgIpc) is 2.55. The zero-order valence-corrected chi connectivity index (χ0v) is 9.51. The molecular weight excluding hydrogens is 206 g/mol. The number of hydrogen-bond donors (Lipinski definition) is 0. The molecule has 0 atom stereocenters. The van der Waals surface area contributed by atoms with Gasteiger partial charge in [0.25, 0.3) is 0 Å². The van der Waals surface area contributed by atoms with Crippen LogP contribution >= 0.6 is 11.6 Å². The van der Waals surface area contributed by atoms with Crippen LogP contribution in [0, 0.1) is 6.42 Å². The molecule has 0 spiro atoms. The second-order valence-electron chi connectivity index (χ2n) is 4.15. The van der Waals surface area contributed by atoms with Crippen LogP contribution in [0.1, 0.15) is 17.7 Å². The molecule has 0 saturated heterocycles. The van der Waals surface area contributed by atoms with Crippen molar-refractivity contribution in [3.05, 3.63) is 40.9 Å². The quantitative estimate of drug-likeness (QED) is 0.638. The van der Waals surface area contributed by atoms with E-state index in [1.54, 1.807) is 0 Å². The molecule has 0 bridgehead atoms. The van der Waals surface area contributed by atoms with E-state index >= 15 is 0 Å². The summed E-state index contributed by atoms with van der Waals surface area (Å²) in [4.78, 5) is 0. The highest BCUT2D eigenvalue weighted by molar-refractivity contribution is 6.35.